The van der Waals surface area contributed by atoms with Crippen molar-refractivity contribution in [2.75, 3.05) is 5.32 Å². The molecule has 0 saturated heterocycles. The minimum absolute atomic E-state index is 0.0318. The maximum Gasteiger partial charge on any atom is 0.256 e. The van der Waals surface area contributed by atoms with E-state index in [1.54, 1.807) is 23.1 Å². The zero-order valence-electron chi connectivity index (χ0n) is 18.9. The maximum atomic E-state index is 12.7. The van der Waals surface area contributed by atoms with Gasteiger partial charge in [0.15, 0.2) is 17.3 Å². The molecule has 1 amide bonds. The number of hydrogen-bond acceptors (Lipinski definition) is 7. The van der Waals surface area contributed by atoms with Crippen LogP contribution in [0.3, 0.4) is 0 Å². The van der Waals surface area contributed by atoms with E-state index in [4.69, 9.17) is 0 Å². The predicted octanol–water partition coefficient (Wildman–Crippen LogP) is 4.61. The fourth-order valence-corrected chi connectivity index (χ4v) is 3.99. The van der Waals surface area contributed by atoms with Crippen molar-refractivity contribution in [2.45, 2.75) is 36.4 Å². The monoisotopic (exact) mass is 470 g/mol. The van der Waals surface area contributed by atoms with Gasteiger partial charge in [-0.05, 0) is 59.1 Å². The third kappa shape index (κ3) is 4.67. The van der Waals surface area contributed by atoms with Crippen LogP contribution in [0.25, 0.3) is 17.0 Å². The van der Waals surface area contributed by atoms with Crippen molar-refractivity contribution in [3.8, 4) is 11.4 Å². The standard InChI is InChI=1S/C24H22N8OS/c1-24(2,3)17-6-4-16(5-7-17)22(33)27-18-14-32-19(26-18)8-9-20(31-32)34-23-28-21(29-30-23)15-10-12-25-13-11-15/h4-14H,1-3H3,(H,27,33)(H,28,29,30). The Kier molecular flexibility index (Phi) is 5.58. The third-order valence-electron chi connectivity index (χ3n) is 5.16. The highest BCUT2D eigenvalue weighted by Gasteiger charge is 2.15. The highest BCUT2D eigenvalue weighted by atomic mass is 32.2. The number of imidazole rings is 1. The lowest BCUT2D eigenvalue weighted by molar-refractivity contribution is 0.102. The molecule has 9 nitrogen and oxygen atoms in total. The van der Waals surface area contributed by atoms with E-state index < -0.39 is 0 Å². The number of pyridine rings is 1. The molecule has 170 valence electrons. The summed E-state index contributed by atoms with van der Waals surface area (Å²) in [5.41, 5.74) is 3.30. The number of H-pyrrole nitrogens is 1. The molecule has 0 unspecified atom stereocenters. The lowest BCUT2D eigenvalue weighted by Crippen LogP contribution is -2.14. The molecule has 0 radical (unpaired) electrons. The number of rotatable bonds is 5. The van der Waals surface area contributed by atoms with Crippen LogP contribution in [0, 0.1) is 0 Å². The van der Waals surface area contributed by atoms with E-state index in [0.29, 0.717) is 33.0 Å². The molecule has 34 heavy (non-hydrogen) atoms. The molecule has 4 heterocycles. The topological polar surface area (TPSA) is 114 Å². The van der Waals surface area contributed by atoms with Gasteiger partial charge < -0.3 is 5.32 Å². The van der Waals surface area contributed by atoms with Crippen LogP contribution in [-0.4, -0.2) is 40.7 Å². The van der Waals surface area contributed by atoms with Crippen LogP contribution in [0.15, 0.2) is 77.3 Å². The summed E-state index contributed by atoms with van der Waals surface area (Å²) in [4.78, 5) is 25.6. The quantitative estimate of drug-likeness (QED) is 0.385. The van der Waals surface area contributed by atoms with Gasteiger partial charge in [0.05, 0.1) is 6.20 Å². The van der Waals surface area contributed by atoms with E-state index in [2.05, 4.69) is 56.3 Å². The maximum absolute atomic E-state index is 12.7. The van der Waals surface area contributed by atoms with Gasteiger partial charge in [0.2, 0.25) is 5.16 Å². The lowest BCUT2D eigenvalue weighted by Gasteiger charge is -2.18. The van der Waals surface area contributed by atoms with E-state index in [-0.39, 0.29) is 11.3 Å². The minimum atomic E-state index is -0.220. The van der Waals surface area contributed by atoms with Gasteiger partial charge in [-0.2, -0.15) is 5.10 Å². The summed E-state index contributed by atoms with van der Waals surface area (Å²) in [6.45, 7) is 6.42. The molecule has 0 bridgehead atoms. The van der Waals surface area contributed by atoms with Crippen LogP contribution in [-0.2, 0) is 5.41 Å². The Morgan fingerprint density at radius 2 is 1.76 bits per heavy atom. The van der Waals surface area contributed by atoms with Crippen LogP contribution in [0.5, 0.6) is 0 Å². The number of benzene rings is 1. The molecule has 0 aliphatic carbocycles. The number of fused-ring (bicyclic) bond motifs is 1. The Labute approximate surface area is 200 Å². The van der Waals surface area contributed by atoms with Gasteiger partial charge >= 0.3 is 0 Å². The van der Waals surface area contributed by atoms with Gasteiger partial charge in [0.1, 0.15) is 5.03 Å². The van der Waals surface area contributed by atoms with E-state index in [1.165, 1.54) is 17.3 Å². The summed E-state index contributed by atoms with van der Waals surface area (Å²) < 4.78 is 1.62. The van der Waals surface area contributed by atoms with E-state index in [9.17, 15) is 4.79 Å². The van der Waals surface area contributed by atoms with Crippen molar-refractivity contribution in [1.29, 1.82) is 0 Å². The number of aromatic nitrogens is 7. The Bertz CT molecular complexity index is 1450. The fourth-order valence-electron chi connectivity index (χ4n) is 3.31. The Hall–Kier alpha value is -4.05. The molecule has 5 rings (SSSR count). The summed E-state index contributed by atoms with van der Waals surface area (Å²) in [7, 11) is 0. The zero-order valence-corrected chi connectivity index (χ0v) is 19.7. The zero-order chi connectivity index (χ0) is 23.7. The fraction of sp³-hybridized carbons (Fsp3) is 0.167. The molecule has 1 aromatic carbocycles. The normalized spacial score (nSPS) is 11.6. The first-order chi connectivity index (χ1) is 16.3. The van der Waals surface area contributed by atoms with Crippen molar-refractivity contribution >= 4 is 29.1 Å². The largest absolute Gasteiger partial charge is 0.305 e. The molecule has 0 aliphatic rings. The van der Waals surface area contributed by atoms with Crippen LogP contribution in [0.4, 0.5) is 5.82 Å². The van der Waals surface area contributed by atoms with Gasteiger partial charge in [0.25, 0.3) is 5.91 Å². The summed E-state index contributed by atoms with van der Waals surface area (Å²) >= 11 is 1.33. The predicted molar refractivity (Wildman–Crippen MR) is 130 cm³/mol. The summed E-state index contributed by atoms with van der Waals surface area (Å²) in [5, 5.41) is 15.8. The van der Waals surface area contributed by atoms with Crippen molar-refractivity contribution in [3.63, 3.8) is 0 Å². The van der Waals surface area contributed by atoms with Crippen molar-refractivity contribution in [3.05, 3.63) is 78.2 Å². The van der Waals surface area contributed by atoms with Gasteiger partial charge in [0, 0.05) is 23.5 Å². The molecular weight excluding hydrogens is 448 g/mol. The first-order valence-corrected chi connectivity index (χ1v) is 11.5. The number of hydrogen-bond donors (Lipinski definition) is 2. The molecule has 5 aromatic rings. The molecule has 0 saturated carbocycles. The molecule has 0 aliphatic heterocycles. The molecule has 0 spiro atoms. The highest BCUT2D eigenvalue weighted by molar-refractivity contribution is 7.99. The number of nitrogens with one attached hydrogen (secondary N) is 2. The number of aromatic amines is 1. The second kappa shape index (κ2) is 8.71. The molecule has 4 aromatic heterocycles. The number of amides is 1. The van der Waals surface area contributed by atoms with Gasteiger partial charge in [-0.3, -0.25) is 14.9 Å². The third-order valence-corrected chi connectivity index (χ3v) is 5.96. The number of nitrogens with zero attached hydrogens (tertiary/aromatic N) is 6. The van der Waals surface area contributed by atoms with Crippen LogP contribution < -0.4 is 5.32 Å². The van der Waals surface area contributed by atoms with Crippen molar-refractivity contribution in [2.24, 2.45) is 0 Å². The molecule has 10 heteroatoms. The summed E-state index contributed by atoms with van der Waals surface area (Å²) in [5.74, 6) is 0.870. The van der Waals surface area contributed by atoms with Crippen molar-refractivity contribution in [1.82, 2.24) is 34.8 Å². The second-order valence-corrected chi connectivity index (χ2v) is 9.67. The Morgan fingerprint density at radius 3 is 2.50 bits per heavy atom. The van der Waals surface area contributed by atoms with Crippen LogP contribution >= 0.6 is 11.8 Å². The van der Waals surface area contributed by atoms with E-state index in [0.717, 1.165) is 5.56 Å². The number of carbonyl (C=O) groups excluding carboxylic acids is 1. The molecule has 0 fully saturated rings. The first kappa shape index (κ1) is 21.8. The Balaban J connectivity index is 1.29. The van der Waals surface area contributed by atoms with Crippen molar-refractivity contribution < 1.29 is 4.79 Å². The van der Waals surface area contributed by atoms with Gasteiger partial charge in [-0.1, -0.05) is 32.9 Å². The van der Waals surface area contributed by atoms with Gasteiger partial charge in [-0.25, -0.2) is 14.5 Å². The SMILES string of the molecule is CC(C)(C)c1ccc(C(=O)Nc2cn3nc(Sc4n[nH]c(-c5ccncc5)n4)ccc3n2)cc1. The second-order valence-electron chi connectivity index (χ2n) is 8.69. The highest BCUT2D eigenvalue weighted by Crippen LogP contribution is 2.25. The Morgan fingerprint density at radius 1 is 1.00 bits per heavy atom. The first-order valence-electron chi connectivity index (χ1n) is 10.6. The van der Waals surface area contributed by atoms with E-state index in [1.807, 2.05) is 48.5 Å². The van der Waals surface area contributed by atoms with E-state index >= 15 is 0 Å². The molecular formula is C24H22N8OS. The smallest absolute Gasteiger partial charge is 0.256 e. The van der Waals surface area contributed by atoms with Crippen LogP contribution in [0.1, 0.15) is 36.7 Å². The van der Waals surface area contributed by atoms with Crippen LogP contribution in [0.2, 0.25) is 0 Å². The molecule has 0 atom stereocenters. The summed E-state index contributed by atoms with van der Waals surface area (Å²) in [6.07, 6.45) is 5.09. The van der Waals surface area contributed by atoms with Gasteiger partial charge in [-0.15, -0.1) is 5.10 Å². The average Bonchev–Trinajstić information content (AvgIpc) is 3.45. The summed E-state index contributed by atoms with van der Waals surface area (Å²) in [6, 6.07) is 15.0. The molecule has 2 N–H and O–H groups in total. The average molecular weight is 471 g/mol. The number of anilines is 1. The minimum Gasteiger partial charge on any atom is -0.305 e. The lowest BCUT2D eigenvalue weighted by atomic mass is 9.87. The number of carbonyl (C=O) groups is 1.